The molecule has 0 amide bonds. The van der Waals surface area contributed by atoms with Crippen molar-refractivity contribution in [3.8, 4) is 23.0 Å². The number of piperidine rings is 1. The first-order valence-electron chi connectivity index (χ1n) is 15.5. The Kier molecular flexibility index (Phi) is 10.4. The summed E-state index contributed by atoms with van der Waals surface area (Å²) in [7, 11) is 0. The highest BCUT2D eigenvalue weighted by Gasteiger charge is 2.48. The fourth-order valence-electron chi connectivity index (χ4n) is 6.02. The smallest absolute Gasteiger partial charge is 0.341 e. The second kappa shape index (κ2) is 15.0. The monoisotopic (exact) mass is 704 g/mol. The number of tetrazole rings is 1. The molecule has 0 atom stereocenters. The van der Waals surface area contributed by atoms with Crippen LogP contribution in [0.1, 0.15) is 24.1 Å². The van der Waals surface area contributed by atoms with Crippen LogP contribution in [0.2, 0.25) is 10.0 Å². The second-order valence-electron chi connectivity index (χ2n) is 11.8. The molecule has 49 heavy (non-hydrogen) atoms. The van der Waals surface area contributed by atoms with E-state index in [4.69, 9.17) is 33.0 Å². The maximum absolute atomic E-state index is 10.2. The van der Waals surface area contributed by atoms with Gasteiger partial charge in [0.25, 0.3) is 0 Å². The number of H-pyrrole nitrogens is 1. The van der Waals surface area contributed by atoms with Gasteiger partial charge in [-0.2, -0.15) is 4.98 Å². The molecular weight excluding hydrogens is 671 g/mol. The number of carbonyl (C=O) groups is 1. The van der Waals surface area contributed by atoms with Crippen LogP contribution >= 0.6 is 23.2 Å². The lowest BCUT2D eigenvalue weighted by Gasteiger charge is -2.43. The molecule has 5 aromatic rings. The molecule has 0 unspecified atom stereocenters. The summed E-state index contributed by atoms with van der Waals surface area (Å²) in [6.45, 7) is 5.97. The van der Waals surface area contributed by atoms with Crippen LogP contribution in [0.4, 0.5) is 11.6 Å². The molecule has 2 saturated heterocycles. The van der Waals surface area contributed by atoms with Gasteiger partial charge in [0.15, 0.2) is 12.4 Å². The van der Waals surface area contributed by atoms with Gasteiger partial charge in [-0.25, -0.2) is 14.9 Å². The molecule has 2 aromatic carbocycles. The lowest BCUT2D eigenvalue weighted by molar-refractivity contribution is -0.139. The fourth-order valence-corrected chi connectivity index (χ4v) is 6.49. The van der Waals surface area contributed by atoms with E-state index in [1.807, 2.05) is 24.4 Å². The van der Waals surface area contributed by atoms with E-state index in [1.165, 1.54) is 23.8 Å². The molecule has 14 nitrogen and oxygen atoms in total. The SMILES string of the molecule is Cc1cccnc1CN1CCC2(CC1)CN(c1ccc(-c3nnn[nH]3)cc1)CN2c1nccc(O)n1.O=C(O)COc1ccc(Cl)cc1Cl. The standard InChI is InChI=1S/C25H28N10O.C8H6Cl2O3/c1-18-3-2-11-26-21(18)15-33-13-9-25(10-14-33)16-34(17-35(25)24-27-12-8-22(36)28-24)20-6-4-19(5-7-20)23-29-31-32-30-23;9-5-1-2-7(6(10)3-5)13-4-8(11)12/h2-8,11-12H,9-10,13-17H2,1H3,(H,27,28,36)(H,29,30,31,32);1-3H,4H2,(H,11,12). The Hall–Kier alpha value is -5.05. The second-order valence-corrected chi connectivity index (χ2v) is 12.6. The van der Waals surface area contributed by atoms with Crippen LogP contribution in [0, 0.1) is 6.92 Å². The average molecular weight is 706 g/mol. The number of benzene rings is 2. The number of hydrogen-bond donors (Lipinski definition) is 3. The Morgan fingerprint density at radius 2 is 1.84 bits per heavy atom. The third-order valence-electron chi connectivity index (χ3n) is 8.61. The van der Waals surface area contributed by atoms with Crippen molar-refractivity contribution < 1.29 is 19.7 Å². The quantitative estimate of drug-likeness (QED) is 0.201. The van der Waals surface area contributed by atoms with E-state index >= 15 is 0 Å². The number of aromatic hydroxyl groups is 1. The molecule has 3 N–H and O–H groups in total. The van der Waals surface area contributed by atoms with Crippen LogP contribution in [0.25, 0.3) is 11.4 Å². The van der Waals surface area contributed by atoms with Crippen molar-refractivity contribution in [2.45, 2.75) is 31.8 Å². The first-order valence-corrected chi connectivity index (χ1v) is 16.3. The van der Waals surface area contributed by atoms with Gasteiger partial charge in [0.2, 0.25) is 11.8 Å². The number of pyridine rings is 1. The first-order chi connectivity index (χ1) is 23.7. The molecule has 0 aliphatic carbocycles. The number of aryl methyl sites for hydroxylation is 1. The van der Waals surface area contributed by atoms with Crippen molar-refractivity contribution in [2.75, 3.05) is 42.7 Å². The molecule has 2 fully saturated rings. The molecule has 3 aromatic heterocycles. The number of rotatable bonds is 8. The summed E-state index contributed by atoms with van der Waals surface area (Å²) in [6.07, 6.45) is 5.42. The van der Waals surface area contributed by atoms with Crippen LogP contribution in [0.5, 0.6) is 11.6 Å². The minimum absolute atomic E-state index is 0.0123. The molecule has 16 heteroatoms. The van der Waals surface area contributed by atoms with E-state index in [1.54, 1.807) is 12.3 Å². The normalized spacial score (nSPS) is 15.6. The number of hydrogen-bond acceptors (Lipinski definition) is 12. The minimum Gasteiger partial charge on any atom is -0.493 e. The van der Waals surface area contributed by atoms with E-state index in [0.29, 0.717) is 34.2 Å². The predicted molar refractivity (Wildman–Crippen MR) is 184 cm³/mol. The highest BCUT2D eigenvalue weighted by atomic mass is 35.5. The summed E-state index contributed by atoms with van der Waals surface area (Å²) in [5.74, 6) is 0.460. The van der Waals surface area contributed by atoms with Crippen molar-refractivity contribution in [1.82, 2.24) is 40.5 Å². The number of ether oxygens (including phenoxy) is 1. The summed E-state index contributed by atoms with van der Waals surface area (Å²) in [5.41, 5.74) is 4.28. The van der Waals surface area contributed by atoms with Crippen molar-refractivity contribution in [3.63, 3.8) is 0 Å². The van der Waals surface area contributed by atoms with Gasteiger partial charge in [-0.05, 0) is 84.3 Å². The summed E-state index contributed by atoms with van der Waals surface area (Å²) >= 11 is 11.3. The number of aliphatic carboxylic acids is 1. The Morgan fingerprint density at radius 3 is 2.51 bits per heavy atom. The predicted octanol–water partition coefficient (Wildman–Crippen LogP) is 4.84. The molecule has 2 aliphatic heterocycles. The van der Waals surface area contributed by atoms with E-state index in [0.717, 1.165) is 56.0 Å². The van der Waals surface area contributed by atoms with E-state index in [9.17, 15) is 9.90 Å². The zero-order valence-electron chi connectivity index (χ0n) is 26.6. The van der Waals surface area contributed by atoms with Gasteiger partial charge >= 0.3 is 5.97 Å². The van der Waals surface area contributed by atoms with Crippen LogP contribution in [0.3, 0.4) is 0 Å². The summed E-state index contributed by atoms with van der Waals surface area (Å²) in [4.78, 5) is 30.7. The molecule has 0 saturated carbocycles. The lowest BCUT2D eigenvalue weighted by atomic mass is 9.86. The molecule has 7 rings (SSSR count). The Balaban J connectivity index is 0.000000271. The zero-order chi connectivity index (χ0) is 34.4. The number of nitrogens with zero attached hydrogens (tertiary/aromatic N) is 9. The number of aromatic amines is 1. The van der Waals surface area contributed by atoms with Gasteiger partial charge in [0, 0.05) is 60.9 Å². The Labute approximate surface area is 292 Å². The molecular formula is C33H34Cl2N10O4. The lowest BCUT2D eigenvalue weighted by Crippen LogP contribution is -2.54. The Bertz CT molecular complexity index is 1870. The number of anilines is 2. The molecule has 1 spiro atoms. The van der Waals surface area contributed by atoms with Gasteiger partial charge in [0.05, 0.1) is 22.9 Å². The summed E-state index contributed by atoms with van der Waals surface area (Å²) in [5, 5.41) is 33.3. The van der Waals surface area contributed by atoms with Crippen molar-refractivity contribution in [3.05, 3.63) is 94.4 Å². The number of nitrogens with one attached hydrogen (secondary N) is 1. The van der Waals surface area contributed by atoms with Gasteiger partial charge < -0.3 is 24.7 Å². The first kappa shape index (κ1) is 33.8. The van der Waals surface area contributed by atoms with Gasteiger partial charge in [0.1, 0.15) is 5.75 Å². The van der Waals surface area contributed by atoms with Crippen molar-refractivity contribution in [1.29, 1.82) is 0 Å². The molecule has 5 heterocycles. The number of aromatic nitrogens is 7. The number of likely N-dealkylation sites (tertiary alicyclic amines) is 1. The van der Waals surface area contributed by atoms with E-state index in [2.05, 4.69) is 75.4 Å². The summed E-state index contributed by atoms with van der Waals surface area (Å²) in [6, 6.07) is 18.4. The molecule has 2 aliphatic rings. The Morgan fingerprint density at radius 1 is 1.04 bits per heavy atom. The van der Waals surface area contributed by atoms with Gasteiger partial charge in [-0.1, -0.05) is 29.3 Å². The van der Waals surface area contributed by atoms with E-state index < -0.39 is 12.6 Å². The number of halogens is 2. The number of carboxylic acid groups (broad SMARTS) is 1. The van der Waals surface area contributed by atoms with Crippen LogP contribution < -0.4 is 14.5 Å². The highest BCUT2D eigenvalue weighted by molar-refractivity contribution is 6.35. The van der Waals surface area contributed by atoms with Crippen LogP contribution in [-0.2, 0) is 11.3 Å². The topological polar surface area (TPSA) is 170 Å². The maximum atomic E-state index is 10.2. The molecule has 254 valence electrons. The zero-order valence-corrected chi connectivity index (χ0v) is 28.1. The fraction of sp³-hybridized carbons (Fsp3) is 0.303. The number of carboxylic acids is 1. The van der Waals surface area contributed by atoms with E-state index in [-0.39, 0.29) is 11.4 Å². The average Bonchev–Trinajstić information content (AvgIpc) is 3.76. The van der Waals surface area contributed by atoms with Gasteiger partial charge in [-0.3, -0.25) is 9.88 Å². The molecule has 0 radical (unpaired) electrons. The van der Waals surface area contributed by atoms with Crippen LogP contribution in [-0.4, -0.2) is 95.1 Å². The summed E-state index contributed by atoms with van der Waals surface area (Å²) < 4.78 is 4.86. The third kappa shape index (κ3) is 8.16. The van der Waals surface area contributed by atoms with Crippen molar-refractivity contribution in [2.24, 2.45) is 0 Å². The van der Waals surface area contributed by atoms with Crippen LogP contribution in [0.15, 0.2) is 73.1 Å². The van der Waals surface area contributed by atoms with Gasteiger partial charge in [-0.15, -0.1) is 5.10 Å². The largest absolute Gasteiger partial charge is 0.493 e. The maximum Gasteiger partial charge on any atom is 0.341 e. The third-order valence-corrected chi connectivity index (χ3v) is 9.14. The van der Waals surface area contributed by atoms with Crippen molar-refractivity contribution >= 4 is 40.8 Å². The molecule has 0 bridgehead atoms. The highest BCUT2D eigenvalue weighted by Crippen LogP contribution is 2.40. The minimum atomic E-state index is -1.05.